The molecule has 1 aliphatic rings. The Kier molecular flexibility index (Phi) is 3.25. The fourth-order valence-electron chi connectivity index (χ4n) is 2.02. The largest absolute Gasteiger partial charge is 0.479 e. The van der Waals surface area contributed by atoms with Gasteiger partial charge in [-0.05, 0) is 31.7 Å². The quantitative estimate of drug-likeness (QED) is 0.849. The fraction of sp³-hybridized carbons (Fsp3) is 0.462. The van der Waals surface area contributed by atoms with Gasteiger partial charge in [-0.1, -0.05) is 29.8 Å². The van der Waals surface area contributed by atoms with E-state index in [9.17, 15) is 4.79 Å². The molecule has 0 spiro atoms. The van der Waals surface area contributed by atoms with E-state index in [4.69, 9.17) is 9.84 Å². The number of aliphatic carboxylic acids is 1. The number of aryl methyl sites for hydroxylation is 1. The first kappa shape index (κ1) is 11.1. The van der Waals surface area contributed by atoms with Crippen molar-refractivity contribution in [3.8, 4) is 0 Å². The van der Waals surface area contributed by atoms with Crippen LogP contribution >= 0.6 is 0 Å². The van der Waals surface area contributed by atoms with Crippen molar-refractivity contribution in [3.05, 3.63) is 35.4 Å². The summed E-state index contributed by atoms with van der Waals surface area (Å²) in [6.07, 6.45) is 1.74. The van der Waals surface area contributed by atoms with Crippen LogP contribution in [0.4, 0.5) is 0 Å². The van der Waals surface area contributed by atoms with Crippen LogP contribution < -0.4 is 0 Å². The fourth-order valence-corrected chi connectivity index (χ4v) is 2.02. The number of hydrogen-bond acceptors (Lipinski definition) is 2. The SMILES string of the molecule is Cc1ccc(CC2CCC(C(=O)O)O2)cc1. The first-order valence-electron chi connectivity index (χ1n) is 5.59. The van der Waals surface area contributed by atoms with Crippen LogP contribution in [0.2, 0.25) is 0 Å². The van der Waals surface area contributed by atoms with Crippen molar-refractivity contribution >= 4 is 5.97 Å². The summed E-state index contributed by atoms with van der Waals surface area (Å²) in [5.74, 6) is -0.841. The molecular formula is C13H16O3. The van der Waals surface area contributed by atoms with E-state index in [1.807, 2.05) is 0 Å². The third kappa shape index (κ3) is 2.61. The molecule has 3 heteroatoms. The second-order valence-corrected chi connectivity index (χ2v) is 4.35. The highest BCUT2D eigenvalue weighted by Crippen LogP contribution is 2.23. The van der Waals surface area contributed by atoms with Crippen molar-refractivity contribution < 1.29 is 14.6 Å². The first-order valence-corrected chi connectivity index (χ1v) is 5.59. The molecule has 1 saturated heterocycles. The topological polar surface area (TPSA) is 46.5 Å². The molecular weight excluding hydrogens is 204 g/mol. The predicted molar refractivity (Wildman–Crippen MR) is 60.4 cm³/mol. The van der Waals surface area contributed by atoms with Crippen molar-refractivity contribution in [2.75, 3.05) is 0 Å². The van der Waals surface area contributed by atoms with E-state index in [2.05, 4.69) is 31.2 Å². The average molecular weight is 220 g/mol. The van der Waals surface area contributed by atoms with Crippen molar-refractivity contribution in [2.45, 2.75) is 38.4 Å². The lowest BCUT2D eigenvalue weighted by Gasteiger charge is -2.11. The maximum absolute atomic E-state index is 10.7. The summed E-state index contributed by atoms with van der Waals surface area (Å²) in [4.78, 5) is 10.7. The van der Waals surface area contributed by atoms with Gasteiger partial charge >= 0.3 is 5.97 Å². The number of rotatable bonds is 3. The van der Waals surface area contributed by atoms with E-state index in [1.165, 1.54) is 11.1 Å². The Balaban J connectivity index is 1.92. The van der Waals surface area contributed by atoms with Gasteiger partial charge in [0.2, 0.25) is 0 Å². The molecule has 3 nitrogen and oxygen atoms in total. The molecule has 2 unspecified atom stereocenters. The highest BCUT2D eigenvalue weighted by Gasteiger charge is 2.30. The van der Waals surface area contributed by atoms with Gasteiger partial charge in [-0.15, -0.1) is 0 Å². The highest BCUT2D eigenvalue weighted by molar-refractivity contribution is 5.72. The van der Waals surface area contributed by atoms with Crippen LogP contribution in [0.15, 0.2) is 24.3 Å². The molecule has 1 N–H and O–H groups in total. The summed E-state index contributed by atoms with van der Waals surface area (Å²) in [5, 5.41) is 8.81. The lowest BCUT2D eigenvalue weighted by Crippen LogP contribution is -2.21. The third-order valence-electron chi connectivity index (χ3n) is 2.97. The van der Waals surface area contributed by atoms with Crippen LogP contribution in [0.3, 0.4) is 0 Å². The van der Waals surface area contributed by atoms with Gasteiger partial charge in [0.15, 0.2) is 6.10 Å². The normalized spacial score (nSPS) is 24.6. The summed E-state index contributed by atoms with van der Waals surface area (Å²) in [6, 6.07) is 8.29. The number of carbonyl (C=O) groups is 1. The minimum Gasteiger partial charge on any atom is -0.479 e. The number of hydrogen-bond donors (Lipinski definition) is 1. The van der Waals surface area contributed by atoms with E-state index in [0.717, 1.165) is 12.8 Å². The molecule has 0 radical (unpaired) electrons. The molecule has 2 rings (SSSR count). The Labute approximate surface area is 95.0 Å². The Morgan fingerprint density at radius 2 is 2.06 bits per heavy atom. The monoisotopic (exact) mass is 220 g/mol. The van der Waals surface area contributed by atoms with E-state index in [1.54, 1.807) is 0 Å². The Morgan fingerprint density at radius 1 is 1.38 bits per heavy atom. The number of carboxylic acid groups (broad SMARTS) is 1. The lowest BCUT2D eigenvalue weighted by atomic mass is 10.0. The van der Waals surface area contributed by atoms with Gasteiger partial charge in [0, 0.05) is 0 Å². The number of benzene rings is 1. The van der Waals surface area contributed by atoms with Crippen LogP contribution in [0.5, 0.6) is 0 Å². The number of ether oxygens (including phenoxy) is 1. The predicted octanol–water partition coefficient (Wildman–Crippen LogP) is 2.17. The second kappa shape index (κ2) is 4.66. The molecule has 0 aliphatic carbocycles. The molecule has 1 aliphatic heterocycles. The highest BCUT2D eigenvalue weighted by atomic mass is 16.5. The molecule has 16 heavy (non-hydrogen) atoms. The third-order valence-corrected chi connectivity index (χ3v) is 2.97. The smallest absolute Gasteiger partial charge is 0.332 e. The summed E-state index contributed by atoms with van der Waals surface area (Å²) in [5.41, 5.74) is 2.45. The van der Waals surface area contributed by atoms with Crippen molar-refractivity contribution in [2.24, 2.45) is 0 Å². The standard InChI is InChI=1S/C13H16O3/c1-9-2-4-10(5-3-9)8-11-6-7-12(16-11)13(14)15/h2-5,11-12H,6-8H2,1H3,(H,14,15). The van der Waals surface area contributed by atoms with Crippen LogP contribution in [-0.2, 0) is 16.0 Å². The van der Waals surface area contributed by atoms with Gasteiger partial charge in [0.1, 0.15) is 0 Å². The molecule has 86 valence electrons. The van der Waals surface area contributed by atoms with Gasteiger partial charge < -0.3 is 9.84 Å². The van der Waals surface area contributed by atoms with Crippen LogP contribution in [0, 0.1) is 6.92 Å². The molecule has 0 amide bonds. The average Bonchev–Trinajstić information content (AvgIpc) is 2.70. The number of carboxylic acids is 1. The molecule has 2 atom stereocenters. The molecule has 0 saturated carbocycles. The summed E-state index contributed by atoms with van der Waals surface area (Å²) < 4.78 is 5.46. The van der Waals surface area contributed by atoms with Gasteiger partial charge in [-0.3, -0.25) is 0 Å². The van der Waals surface area contributed by atoms with Gasteiger partial charge in [-0.25, -0.2) is 4.79 Å². The summed E-state index contributed by atoms with van der Waals surface area (Å²) >= 11 is 0. The maximum Gasteiger partial charge on any atom is 0.332 e. The van der Waals surface area contributed by atoms with E-state index in [0.29, 0.717) is 6.42 Å². The second-order valence-electron chi connectivity index (χ2n) is 4.35. The van der Waals surface area contributed by atoms with Crippen LogP contribution in [-0.4, -0.2) is 23.3 Å². The minimum atomic E-state index is -0.841. The van der Waals surface area contributed by atoms with E-state index >= 15 is 0 Å². The zero-order valence-corrected chi connectivity index (χ0v) is 9.35. The molecule has 1 heterocycles. The maximum atomic E-state index is 10.7. The van der Waals surface area contributed by atoms with Gasteiger partial charge in [0.25, 0.3) is 0 Å². The molecule has 1 aromatic carbocycles. The molecule has 0 aromatic heterocycles. The van der Waals surface area contributed by atoms with Crippen molar-refractivity contribution in [1.82, 2.24) is 0 Å². The molecule has 1 fully saturated rings. The van der Waals surface area contributed by atoms with E-state index in [-0.39, 0.29) is 6.10 Å². The first-order chi connectivity index (χ1) is 7.65. The van der Waals surface area contributed by atoms with Gasteiger partial charge in [0.05, 0.1) is 6.10 Å². The van der Waals surface area contributed by atoms with Crippen molar-refractivity contribution in [1.29, 1.82) is 0 Å². The lowest BCUT2D eigenvalue weighted by molar-refractivity contribution is -0.149. The summed E-state index contributed by atoms with van der Waals surface area (Å²) in [7, 11) is 0. The zero-order valence-electron chi connectivity index (χ0n) is 9.35. The zero-order chi connectivity index (χ0) is 11.5. The van der Waals surface area contributed by atoms with Crippen LogP contribution in [0.1, 0.15) is 24.0 Å². The Bertz CT molecular complexity index is 369. The van der Waals surface area contributed by atoms with Crippen molar-refractivity contribution in [3.63, 3.8) is 0 Å². The van der Waals surface area contributed by atoms with Crippen LogP contribution in [0.25, 0.3) is 0 Å². The van der Waals surface area contributed by atoms with E-state index < -0.39 is 12.1 Å². The Morgan fingerprint density at radius 3 is 2.62 bits per heavy atom. The summed E-state index contributed by atoms with van der Waals surface area (Å²) in [6.45, 7) is 2.05. The van der Waals surface area contributed by atoms with Gasteiger partial charge in [-0.2, -0.15) is 0 Å². The molecule has 0 bridgehead atoms. The Hall–Kier alpha value is -1.35. The minimum absolute atomic E-state index is 0.0591. The molecule has 1 aromatic rings.